The second kappa shape index (κ2) is 5.72. The second-order valence-corrected chi connectivity index (χ2v) is 5.99. The molecule has 0 aromatic heterocycles. The van der Waals surface area contributed by atoms with Gasteiger partial charge in [0.15, 0.2) is 0 Å². The molecule has 2 aromatic carbocycles. The maximum absolute atomic E-state index is 13.6. The van der Waals surface area contributed by atoms with E-state index in [0.29, 0.717) is 16.1 Å². The summed E-state index contributed by atoms with van der Waals surface area (Å²) in [6.45, 7) is 0.727. The van der Waals surface area contributed by atoms with Crippen molar-refractivity contribution < 1.29 is 4.39 Å². The lowest BCUT2D eigenvalue weighted by molar-refractivity contribution is 0.625. The van der Waals surface area contributed by atoms with Crippen LogP contribution in [-0.4, -0.2) is 6.04 Å². The lowest BCUT2D eigenvalue weighted by Crippen LogP contribution is -2.15. The number of hydrogen-bond acceptors (Lipinski definition) is 1. The molecule has 2 aromatic rings. The summed E-state index contributed by atoms with van der Waals surface area (Å²) in [5.74, 6) is -0.258. The molecule has 3 rings (SSSR count). The minimum Gasteiger partial charge on any atom is -0.310 e. The molecule has 1 saturated carbocycles. The molecule has 0 atom stereocenters. The first-order valence-electron chi connectivity index (χ1n) is 6.60. The summed E-state index contributed by atoms with van der Waals surface area (Å²) in [7, 11) is 0. The van der Waals surface area contributed by atoms with Gasteiger partial charge in [0.05, 0.1) is 0 Å². The van der Waals surface area contributed by atoms with E-state index < -0.39 is 0 Å². The van der Waals surface area contributed by atoms with Crippen molar-refractivity contribution in [3.63, 3.8) is 0 Å². The lowest BCUT2D eigenvalue weighted by atomic mass is 9.99. The van der Waals surface area contributed by atoms with Gasteiger partial charge in [0.25, 0.3) is 0 Å². The number of benzene rings is 2. The third-order valence-electron chi connectivity index (χ3n) is 3.40. The highest BCUT2D eigenvalue weighted by molar-refractivity contribution is 6.35. The van der Waals surface area contributed by atoms with Crippen LogP contribution in [0.3, 0.4) is 0 Å². The molecule has 0 bridgehead atoms. The molecule has 0 amide bonds. The average molecular weight is 310 g/mol. The Morgan fingerprint density at radius 2 is 1.75 bits per heavy atom. The average Bonchev–Trinajstić information content (AvgIpc) is 3.20. The Morgan fingerprint density at radius 1 is 1.05 bits per heavy atom. The summed E-state index contributed by atoms with van der Waals surface area (Å²) in [4.78, 5) is 0. The highest BCUT2D eigenvalue weighted by atomic mass is 35.5. The van der Waals surface area contributed by atoms with E-state index in [4.69, 9.17) is 23.2 Å². The van der Waals surface area contributed by atoms with Gasteiger partial charge in [-0.25, -0.2) is 4.39 Å². The molecule has 1 nitrogen and oxygen atoms in total. The molecule has 0 aliphatic heterocycles. The zero-order chi connectivity index (χ0) is 14.1. The van der Waals surface area contributed by atoms with Crippen LogP contribution < -0.4 is 5.32 Å². The zero-order valence-corrected chi connectivity index (χ0v) is 12.3. The Balaban J connectivity index is 1.98. The van der Waals surface area contributed by atoms with Crippen LogP contribution in [0.5, 0.6) is 0 Å². The predicted molar refractivity (Wildman–Crippen MR) is 81.7 cm³/mol. The van der Waals surface area contributed by atoms with E-state index in [1.807, 2.05) is 18.2 Å². The van der Waals surface area contributed by atoms with Crippen molar-refractivity contribution in [2.24, 2.45) is 0 Å². The van der Waals surface area contributed by atoms with Crippen LogP contribution in [0.2, 0.25) is 10.0 Å². The van der Waals surface area contributed by atoms with Gasteiger partial charge < -0.3 is 5.32 Å². The monoisotopic (exact) mass is 309 g/mol. The lowest BCUT2D eigenvalue weighted by Gasteiger charge is -2.12. The van der Waals surface area contributed by atoms with Crippen molar-refractivity contribution in [1.29, 1.82) is 0 Å². The van der Waals surface area contributed by atoms with Gasteiger partial charge in [-0.05, 0) is 59.9 Å². The smallest absolute Gasteiger partial charge is 0.123 e. The van der Waals surface area contributed by atoms with E-state index in [1.54, 1.807) is 6.07 Å². The van der Waals surface area contributed by atoms with Gasteiger partial charge in [-0.15, -0.1) is 0 Å². The van der Waals surface area contributed by atoms with E-state index >= 15 is 0 Å². The van der Waals surface area contributed by atoms with Crippen molar-refractivity contribution in [2.45, 2.75) is 25.4 Å². The SMILES string of the molecule is Fc1ccc(CNC2CC2)c(-c2cc(Cl)cc(Cl)c2)c1. The van der Waals surface area contributed by atoms with E-state index in [-0.39, 0.29) is 5.82 Å². The standard InChI is InChI=1S/C16H14Cl2FN/c17-12-5-11(6-13(18)7-12)16-8-14(19)2-1-10(16)9-20-15-3-4-15/h1-2,5-8,15,20H,3-4,9H2. The van der Waals surface area contributed by atoms with E-state index in [1.165, 1.54) is 25.0 Å². The molecule has 1 aliphatic carbocycles. The number of nitrogens with one attached hydrogen (secondary N) is 1. The molecule has 0 spiro atoms. The first-order chi connectivity index (χ1) is 9.61. The van der Waals surface area contributed by atoms with Crippen LogP contribution in [0.25, 0.3) is 11.1 Å². The Kier molecular flexibility index (Phi) is 3.97. The largest absolute Gasteiger partial charge is 0.310 e. The third-order valence-corrected chi connectivity index (χ3v) is 3.84. The van der Waals surface area contributed by atoms with Crippen molar-refractivity contribution in [2.75, 3.05) is 0 Å². The Hall–Kier alpha value is -1.09. The van der Waals surface area contributed by atoms with Crippen LogP contribution in [0.15, 0.2) is 36.4 Å². The molecule has 0 heterocycles. The summed E-state index contributed by atoms with van der Waals surface area (Å²) >= 11 is 12.1. The molecule has 1 fully saturated rings. The molecule has 1 N–H and O–H groups in total. The summed E-state index contributed by atoms with van der Waals surface area (Å²) in [6.07, 6.45) is 2.44. The molecule has 20 heavy (non-hydrogen) atoms. The fourth-order valence-corrected chi connectivity index (χ4v) is 2.75. The van der Waals surface area contributed by atoms with Crippen LogP contribution >= 0.6 is 23.2 Å². The van der Waals surface area contributed by atoms with Gasteiger partial charge in [-0.1, -0.05) is 29.3 Å². The maximum Gasteiger partial charge on any atom is 0.123 e. The van der Waals surface area contributed by atoms with Crippen LogP contribution in [-0.2, 0) is 6.54 Å². The number of hydrogen-bond donors (Lipinski definition) is 1. The molecular formula is C16H14Cl2FN. The maximum atomic E-state index is 13.6. The van der Waals surface area contributed by atoms with Crippen LogP contribution in [0.4, 0.5) is 4.39 Å². The topological polar surface area (TPSA) is 12.0 Å². The Bertz CT molecular complexity index is 618. The van der Waals surface area contributed by atoms with E-state index in [0.717, 1.165) is 23.2 Å². The summed E-state index contributed by atoms with van der Waals surface area (Å²) in [5, 5.41) is 4.55. The summed E-state index contributed by atoms with van der Waals surface area (Å²) in [6, 6.07) is 10.7. The fourth-order valence-electron chi connectivity index (χ4n) is 2.22. The normalized spacial score (nSPS) is 14.6. The summed E-state index contributed by atoms with van der Waals surface area (Å²) < 4.78 is 13.6. The van der Waals surface area contributed by atoms with Crippen molar-refractivity contribution in [3.8, 4) is 11.1 Å². The fraction of sp³-hybridized carbons (Fsp3) is 0.250. The van der Waals surface area contributed by atoms with Gasteiger partial charge in [0.2, 0.25) is 0 Å². The highest BCUT2D eigenvalue weighted by Gasteiger charge is 2.20. The predicted octanol–water partition coefficient (Wildman–Crippen LogP) is 5.05. The minimum absolute atomic E-state index is 0.258. The molecule has 0 saturated heterocycles. The molecule has 104 valence electrons. The van der Waals surface area contributed by atoms with Crippen LogP contribution in [0, 0.1) is 5.82 Å². The number of rotatable bonds is 4. The van der Waals surface area contributed by atoms with Crippen molar-refractivity contribution in [3.05, 3.63) is 57.8 Å². The summed E-state index contributed by atoms with van der Waals surface area (Å²) in [5.41, 5.74) is 2.73. The van der Waals surface area contributed by atoms with Crippen molar-refractivity contribution >= 4 is 23.2 Å². The van der Waals surface area contributed by atoms with E-state index in [9.17, 15) is 4.39 Å². The Morgan fingerprint density at radius 3 is 2.40 bits per heavy atom. The van der Waals surface area contributed by atoms with Gasteiger partial charge in [-0.2, -0.15) is 0 Å². The molecule has 0 radical (unpaired) electrons. The van der Waals surface area contributed by atoms with Gasteiger partial charge >= 0.3 is 0 Å². The minimum atomic E-state index is -0.258. The van der Waals surface area contributed by atoms with Gasteiger partial charge in [0.1, 0.15) is 5.82 Å². The highest BCUT2D eigenvalue weighted by Crippen LogP contribution is 2.31. The first kappa shape index (κ1) is 13.9. The third kappa shape index (κ3) is 3.32. The Labute approximate surface area is 127 Å². The molecule has 1 aliphatic rings. The molecular weight excluding hydrogens is 296 g/mol. The van der Waals surface area contributed by atoms with Gasteiger partial charge in [0, 0.05) is 22.6 Å². The quantitative estimate of drug-likeness (QED) is 0.833. The molecule has 0 unspecified atom stereocenters. The van der Waals surface area contributed by atoms with Gasteiger partial charge in [-0.3, -0.25) is 0 Å². The van der Waals surface area contributed by atoms with Crippen molar-refractivity contribution in [1.82, 2.24) is 5.32 Å². The van der Waals surface area contributed by atoms with Crippen LogP contribution in [0.1, 0.15) is 18.4 Å². The number of halogens is 3. The zero-order valence-electron chi connectivity index (χ0n) is 10.8. The first-order valence-corrected chi connectivity index (χ1v) is 7.36. The molecule has 4 heteroatoms. The van der Waals surface area contributed by atoms with E-state index in [2.05, 4.69) is 5.32 Å². The second-order valence-electron chi connectivity index (χ2n) is 5.11.